The van der Waals surface area contributed by atoms with Gasteiger partial charge in [0.1, 0.15) is 22.6 Å². The van der Waals surface area contributed by atoms with E-state index in [0.29, 0.717) is 49.7 Å². The number of rotatable bonds is 2. The molecule has 0 N–H and O–H groups in total. The maximum absolute atomic E-state index is 12.3. The van der Waals surface area contributed by atoms with Crippen molar-refractivity contribution in [1.29, 1.82) is 5.26 Å². The third-order valence-corrected chi connectivity index (χ3v) is 4.51. The van der Waals surface area contributed by atoms with Gasteiger partial charge >= 0.3 is 6.09 Å². The van der Waals surface area contributed by atoms with E-state index >= 15 is 0 Å². The topological polar surface area (TPSA) is 73.8 Å². The lowest BCUT2D eigenvalue weighted by Crippen LogP contribution is -2.39. The van der Waals surface area contributed by atoms with Crippen LogP contribution in [0.3, 0.4) is 0 Å². The fourth-order valence-electron chi connectivity index (χ4n) is 3.01. The standard InChI is InChI=1S/C19H24ClN5O2/c1-6-13-14(12-21)16(20)23-17(15(13)22-5)24-8-7-9-25(11-10-24)18(26)27-19(2,3)4/h6-11H2,1-4H3. The smallest absolute Gasteiger partial charge is 0.410 e. The molecule has 1 saturated heterocycles. The first-order valence-corrected chi connectivity index (χ1v) is 9.32. The predicted octanol–water partition coefficient (Wildman–Crippen LogP) is 4.17. The summed E-state index contributed by atoms with van der Waals surface area (Å²) in [6.45, 7) is 17.2. The second-order valence-corrected chi connectivity index (χ2v) is 7.67. The minimum Gasteiger partial charge on any atom is -0.444 e. The number of hydrogen-bond donors (Lipinski definition) is 0. The number of pyridine rings is 1. The Morgan fingerprint density at radius 3 is 2.63 bits per heavy atom. The molecule has 0 bridgehead atoms. The van der Waals surface area contributed by atoms with Crippen LogP contribution in [0.2, 0.25) is 5.15 Å². The summed E-state index contributed by atoms with van der Waals surface area (Å²) in [5, 5.41) is 9.45. The zero-order valence-electron chi connectivity index (χ0n) is 16.2. The third kappa shape index (κ3) is 4.81. The van der Waals surface area contributed by atoms with Gasteiger partial charge in [-0.1, -0.05) is 18.5 Å². The van der Waals surface area contributed by atoms with Gasteiger partial charge in [-0.05, 0) is 39.2 Å². The molecule has 1 aliphatic rings. The number of hydrogen-bond acceptors (Lipinski definition) is 5. The molecule has 1 fully saturated rings. The molecule has 0 unspecified atom stereocenters. The number of carbonyl (C=O) groups excluding carboxylic acids is 1. The zero-order chi connectivity index (χ0) is 20.2. The van der Waals surface area contributed by atoms with Crippen LogP contribution in [0.15, 0.2) is 0 Å². The number of carbonyl (C=O) groups is 1. The van der Waals surface area contributed by atoms with Crippen LogP contribution in [0, 0.1) is 17.9 Å². The Hall–Kier alpha value is -2.51. The van der Waals surface area contributed by atoms with Crippen molar-refractivity contribution in [2.45, 2.75) is 46.1 Å². The van der Waals surface area contributed by atoms with Gasteiger partial charge in [0.2, 0.25) is 5.69 Å². The number of aromatic nitrogens is 1. The molecule has 0 spiro atoms. The first-order valence-electron chi connectivity index (χ1n) is 8.94. The number of ether oxygens (including phenoxy) is 1. The molecule has 7 nitrogen and oxygen atoms in total. The van der Waals surface area contributed by atoms with Crippen LogP contribution in [0.4, 0.5) is 16.3 Å². The van der Waals surface area contributed by atoms with Gasteiger partial charge in [-0.2, -0.15) is 5.26 Å². The highest BCUT2D eigenvalue weighted by molar-refractivity contribution is 6.31. The molecule has 144 valence electrons. The lowest BCUT2D eigenvalue weighted by atomic mass is 10.1. The maximum Gasteiger partial charge on any atom is 0.410 e. The Balaban J connectivity index is 2.28. The van der Waals surface area contributed by atoms with Crippen molar-refractivity contribution in [3.8, 4) is 6.07 Å². The monoisotopic (exact) mass is 389 g/mol. The summed E-state index contributed by atoms with van der Waals surface area (Å²) >= 11 is 6.21. The minimum atomic E-state index is -0.543. The second-order valence-electron chi connectivity index (χ2n) is 7.31. The molecule has 2 heterocycles. The summed E-state index contributed by atoms with van der Waals surface area (Å²) in [6, 6.07) is 2.05. The van der Waals surface area contributed by atoms with E-state index in [2.05, 4.69) is 9.83 Å². The van der Waals surface area contributed by atoms with Crippen LogP contribution in [-0.4, -0.2) is 47.8 Å². The minimum absolute atomic E-state index is 0.116. The average Bonchev–Trinajstić information content (AvgIpc) is 2.85. The van der Waals surface area contributed by atoms with E-state index in [1.807, 2.05) is 38.7 Å². The molecule has 8 heteroatoms. The summed E-state index contributed by atoms with van der Waals surface area (Å²) < 4.78 is 5.45. The third-order valence-electron chi connectivity index (χ3n) is 4.23. The highest BCUT2D eigenvalue weighted by atomic mass is 35.5. The van der Waals surface area contributed by atoms with E-state index in [1.54, 1.807) is 4.90 Å². The van der Waals surface area contributed by atoms with Gasteiger partial charge in [-0.25, -0.2) is 14.6 Å². The molecular weight excluding hydrogens is 366 g/mol. The SMILES string of the molecule is [C-]#[N+]c1c(N2CCCN(C(=O)OC(C)(C)C)CC2)nc(Cl)c(C#N)c1CC. The van der Waals surface area contributed by atoms with Crippen molar-refractivity contribution in [1.82, 2.24) is 9.88 Å². The molecule has 1 amide bonds. The molecule has 0 aliphatic carbocycles. The van der Waals surface area contributed by atoms with Crippen molar-refractivity contribution < 1.29 is 9.53 Å². The highest BCUT2D eigenvalue weighted by Gasteiger charge is 2.27. The largest absolute Gasteiger partial charge is 0.444 e. The van der Waals surface area contributed by atoms with Crippen LogP contribution in [0.1, 0.15) is 45.2 Å². The summed E-state index contributed by atoms with van der Waals surface area (Å²) in [4.78, 5) is 23.9. The molecule has 2 rings (SSSR count). The Morgan fingerprint density at radius 2 is 2.07 bits per heavy atom. The predicted molar refractivity (Wildman–Crippen MR) is 104 cm³/mol. The van der Waals surface area contributed by atoms with Crippen LogP contribution < -0.4 is 4.90 Å². The van der Waals surface area contributed by atoms with Gasteiger partial charge in [0.05, 0.1) is 12.1 Å². The summed E-state index contributed by atoms with van der Waals surface area (Å²) in [5.41, 5.74) is 0.706. The van der Waals surface area contributed by atoms with Crippen LogP contribution in [0.25, 0.3) is 4.85 Å². The number of nitrogens with zero attached hydrogens (tertiary/aromatic N) is 5. The number of halogens is 1. The zero-order valence-corrected chi connectivity index (χ0v) is 16.9. The van der Waals surface area contributed by atoms with Crippen molar-refractivity contribution in [2.75, 3.05) is 31.1 Å². The molecule has 0 atom stereocenters. The van der Waals surface area contributed by atoms with Gasteiger partial charge < -0.3 is 14.5 Å². The molecule has 1 aromatic rings. The lowest BCUT2D eigenvalue weighted by Gasteiger charge is -2.27. The number of anilines is 1. The Kier molecular flexibility index (Phi) is 6.51. The Morgan fingerprint density at radius 1 is 1.37 bits per heavy atom. The second kappa shape index (κ2) is 8.45. The van der Waals surface area contributed by atoms with Gasteiger partial charge in [-0.15, -0.1) is 0 Å². The summed E-state index contributed by atoms with van der Waals surface area (Å²) in [5.74, 6) is 0.483. The van der Waals surface area contributed by atoms with Crippen molar-refractivity contribution in [3.63, 3.8) is 0 Å². The van der Waals surface area contributed by atoms with Crippen molar-refractivity contribution in [2.24, 2.45) is 0 Å². The van der Waals surface area contributed by atoms with E-state index in [4.69, 9.17) is 22.9 Å². The van der Waals surface area contributed by atoms with E-state index in [1.165, 1.54) is 0 Å². The lowest BCUT2D eigenvalue weighted by molar-refractivity contribution is 0.0263. The molecule has 0 saturated carbocycles. The number of nitriles is 1. The normalized spacial score (nSPS) is 14.9. The fourth-order valence-corrected chi connectivity index (χ4v) is 3.25. The molecule has 1 aliphatic heterocycles. The molecule has 1 aromatic heterocycles. The van der Waals surface area contributed by atoms with Crippen LogP contribution in [0.5, 0.6) is 0 Å². The summed E-state index contributed by atoms with van der Waals surface area (Å²) in [7, 11) is 0. The van der Waals surface area contributed by atoms with Gasteiger partial charge in [-0.3, -0.25) is 0 Å². The maximum atomic E-state index is 12.3. The number of amides is 1. The fraction of sp³-hybridized carbons (Fsp3) is 0.579. The van der Waals surface area contributed by atoms with E-state index in [-0.39, 0.29) is 16.8 Å². The van der Waals surface area contributed by atoms with E-state index < -0.39 is 5.60 Å². The van der Waals surface area contributed by atoms with Crippen molar-refractivity contribution >= 4 is 29.2 Å². The van der Waals surface area contributed by atoms with Gasteiger partial charge in [0.25, 0.3) is 0 Å². The van der Waals surface area contributed by atoms with E-state index in [0.717, 1.165) is 6.42 Å². The van der Waals surface area contributed by atoms with Crippen LogP contribution in [-0.2, 0) is 11.2 Å². The molecule has 0 radical (unpaired) electrons. The van der Waals surface area contributed by atoms with Gasteiger partial charge in [0, 0.05) is 26.2 Å². The first-order chi connectivity index (χ1) is 12.7. The molecule has 0 aromatic carbocycles. The quantitative estimate of drug-likeness (QED) is 0.560. The molecule has 27 heavy (non-hydrogen) atoms. The van der Waals surface area contributed by atoms with Gasteiger partial charge in [0.15, 0.2) is 0 Å². The first kappa shape index (κ1) is 20.8. The molecular formula is C19H24ClN5O2. The Bertz CT molecular complexity index is 804. The Labute approximate surface area is 165 Å². The van der Waals surface area contributed by atoms with Crippen molar-refractivity contribution in [3.05, 3.63) is 27.7 Å². The summed E-state index contributed by atoms with van der Waals surface area (Å²) in [6.07, 6.45) is 0.903. The van der Waals surface area contributed by atoms with Crippen LogP contribution >= 0.6 is 11.6 Å². The highest BCUT2D eigenvalue weighted by Crippen LogP contribution is 2.36. The van der Waals surface area contributed by atoms with E-state index in [9.17, 15) is 10.1 Å². The average molecular weight is 390 g/mol.